The molecular weight excluding hydrogens is 417 g/mol. The number of nitrogens with zero attached hydrogens (tertiary/aromatic N) is 5. The molecule has 2 unspecified atom stereocenters. The van der Waals surface area contributed by atoms with Crippen molar-refractivity contribution >= 4 is 37.2 Å². The molecule has 4 rings (SSSR count). The van der Waals surface area contributed by atoms with E-state index in [4.69, 9.17) is 27.7 Å². The van der Waals surface area contributed by atoms with E-state index in [9.17, 15) is 0 Å². The number of hydrogen-bond donors (Lipinski definition) is 2. The number of nitrogens with one attached hydrogen (secondary N) is 1. The molecule has 9 heteroatoms. The predicted octanol–water partition coefficient (Wildman–Crippen LogP) is 3.87. The van der Waals surface area contributed by atoms with Gasteiger partial charge in [0.05, 0.1) is 11.2 Å². The predicted molar refractivity (Wildman–Crippen MR) is 125 cm³/mol. The molecule has 0 radical (unpaired) electrons. The van der Waals surface area contributed by atoms with E-state index in [1.165, 1.54) is 6.21 Å². The van der Waals surface area contributed by atoms with Crippen LogP contribution in [0.2, 0.25) is 5.02 Å². The quantitative estimate of drug-likeness (QED) is 0.462. The van der Waals surface area contributed by atoms with E-state index < -0.39 is 0 Å². The second kappa shape index (κ2) is 8.70. The summed E-state index contributed by atoms with van der Waals surface area (Å²) < 4.78 is 1.91. The van der Waals surface area contributed by atoms with Crippen molar-refractivity contribution in [3.8, 4) is 11.5 Å². The highest BCUT2D eigenvalue weighted by molar-refractivity contribution is 7.56. The van der Waals surface area contributed by atoms with Crippen molar-refractivity contribution in [3.05, 3.63) is 53.6 Å². The van der Waals surface area contributed by atoms with Gasteiger partial charge in [0.15, 0.2) is 5.82 Å². The maximum absolute atomic E-state index is 7.73. The molecule has 0 bridgehead atoms. The van der Waals surface area contributed by atoms with Crippen LogP contribution in [0.25, 0.3) is 17.2 Å². The van der Waals surface area contributed by atoms with Gasteiger partial charge in [0, 0.05) is 37.6 Å². The lowest BCUT2D eigenvalue weighted by molar-refractivity contribution is 0.479. The Kier molecular flexibility index (Phi) is 6.02. The third kappa shape index (κ3) is 4.05. The Morgan fingerprint density at radius 2 is 2.10 bits per heavy atom. The number of anilines is 1. The summed E-state index contributed by atoms with van der Waals surface area (Å²) in [6.07, 6.45) is 9.39. The van der Waals surface area contributed by atoms with Crippen LogP contribution in [-0.4, -0.2) is 57.6 Å². The third-order valence-electron chi connectivity index (χ3n) is 5.65. The Hall–Kier alpha value is -2.50. The first-order chi connectivity index (χ1) is 14.5. The number of hydrogen-bond acceptors (Lipinski definition) is 6. The third-order valence-corrected chi connectivity index (χ3v) is 7.71. The molecule has 1 aliphatic heterocycles. The second-order valence-electron chi connectivity index (χ2n) is 7.72. The number of nitrogens with two attached hydrogens (primary N) is 1. The monoisotopic (exact) mass is 441 g/mol. The first kappa shape index (κ1) is 20.8. The fourth-order valence-corrected chi connectivity index (χ4v) is 5.31. The van der Waals surface area contributed by atoms with Crippen molar-refractivity contribution < 1.29 is 0 Å². The van der Waals surface area contributed by atoms with Gasteiger partial charge < -0.3 is 16.0 Å². The molecule has 0 saturated carbocycles. The minimum absolute atomic E-state index is 0.125. The van der Waals surface area contributed by atoms with Gasteiger partial charge in [-0.25, -0.2) is 15.0 Å². The van der Waals surface area contributed by atoms with Crippen LogP contribution in [0, 0.1) is 11.3 Å². The van der Waals surface area contributed by atoms with E-state index in [-0.39, 0.29) is 13.8 Å². The first-order valence-corrected chi connectivity index (χ1v) is 12.5. The lowest BCUT2D eigenvalue weighted by atomic mass is 9.91. The molecule has 156 valence electrons. The number of fused-ring (bicyclic) bond motifs is 1. The lowest BCUT2D eigenvalue weighted by Crippen LogP contribution is -2.43. The van der Waals surface area contributed by atoms with Crippen molar-refractivity contribution in [2.45, 2.75) is 12.1 Å². The first-order valence-electron chi connectivity index (χ1n) is 9.79. The number of rotatable bonds is 5. The van der Waals surface area contributed by atoms with E-state index in [2.05, 4.69) is 28.2 Å². The zero-order valence-corrected chi connectivity index (χ0v) is 18.7. The summed E-state index contributed by atoms with van der Waals surface area (Å²) in [4.78, 5) is 16.1. The van der Waals surface area contributed by atoms with Crippen LogP contribution in [0.4, 0.5) is 5.82 Å². The Balaban J connectivity index is 1.69. The van der Waals surface area contributed by atoms with Gasteiger partial charge in [-0.1, -0.05) is 11.6 Å². The number of aromatic nitrogens is 4. The maximum Gasteiger partial charge on any atom is 0.180 e. The van der Waals surface area contributed by atoms with Gasteiger partial charge in [-0.05, 0) is 55.4 Å². The van der Waals surface area contributed by atoms with Crippen molar-refractivity contribution in [3.63, 3.8) is 0 Å². The SMILES string of the molecule is CP(C)C1CC(/C(C=N)=C/N)CN(c2ccnc(-c3cnc4ccc(Cl)cn34)n2)C1. The highest BCUT2D eigenvalue weighted by Gasteiger charge is 2.31. The van der Waals surface area contributed by atoms with Gasteiger partial charge in [0.2, 0.25) is 0 Å². The Bertz CT molecular complexity index is 1090. The maximum atomic E-state index is 7.73. The molecule has 2 atom stereocenters. The molecular formula is C21H25ClN7P. The molecule has 3 N–H and O–H groups in total. The zero-order chi connectivity index (χ0) is 21.3. The fourth-order valence-electron chi connectivity index (χ4n) is 3.95. The van der Waals surface area contributed by atoms with Gasteiger partial charge in [-0.2, -0.15) is 0 Å². The van der Waals surface area contributed by atoms with Crippen LogP contribution in [0.5, 0.6) is 0 Å². The van der Waals surface area contributed by atoms with Gasteiger partial charge in [0.1, 0.15) is 17.2 Å². The normalized spacial score (nSPS) is 20.1. The second-order valence-corrected chi connectivity index (χ2v) is 10.8. The summed E-state index contributed by atoms with van der Waals surface area (Å²) in [6.45, 7) is 6.35. The Morgan fingerprint density at radius 1 is 1.27 bits per heavy atom. The highest BCUT2D eigenvalue weighted by atomic mass is 35.5. The molecule has 1 aliphatic rings. The molecule has 1 saturated heterocycles. The van der Waals surface area contributed by atoms with Crippen molar-refractivity contribution in [1.29, 1.82) is 5.41 Å². The number of piperidine rings is 1. The molecule has 0 aliphatic carbocycles. The van der Waals surface area contributed by atoms with Crippen LogP contribution >= 0.6 is 19.5 Å². The van der Waals surface area contributed by atoms with E-state index in [1.807, 2.05) is 28.8 Å². The average molecular weight is 442 g/mol. The number of pyridine rings is 1. The molecule has 3 aromatic rings. The molecule has 4 heterocycles. The van der Waals surface area contributed by atoms with E-state index >= 15 is 0 Å². The zero-order valence-electron chi connectivity index (χ0n) is 17.0. The molecule has 3 aromatic heterocycles. The van der Waals surface area contributed by atoms with Gasteiger partial charge in [0.25, 0.3) is 0 Å². The number of imidazole rings is 1. The van der Waals surface area contributed by atoms with Crippen LogP contribution in [-0.2, 0) is 0 Å². The molecule has 7 nitrogen and oxygen atoms in total. The molecule has 0 amide bonds. The molecule has 0 aromatic carbocycles. The lowest BCUT2D eigenvalue weighted by Gasteiger charge is -2.40. The molecule has 0 spiro atoms. The van der Waals surface area contributed by atoms with E-state index in [0.717, 1.165) is 42.2 Å². The van der Waals surface area contributed by atoms with Crippen LogP contribution in [0.15, 0.2) is 48.6 Å². The van der Waals surface area contributed by atoms with Crippen LogP contribution in [0.3, 0.4) is 0 Å². The topological polar surface area (TPSA) is 96.2 Å². The average Bonchev–Trinajstić information content (AvgIpc) is 3.17. The van der Waals surface area contributed by atoms with Crippen LogP contribution < -0.4 is 10.6 Å². The Labute approximate surface area is 182 Å². The Morgan fingerprint density at radius 3 is 2.83 bits per heavy atom. The van der Waals surface area contributed by atoms with Crippen molar-refractivity contribution in [2.24, 2.45) is 11.7 Å². The largest absolute Gasteiger partial charge is 0.404 e. The highest BCUT2D eigenvalue weighted by Crippen LogP contribution is 2.41. The summed E-state index contributed by atoms with van der Waals surface area (Å²) in [5, 5.41) is 8.36. The standard InChI is InChI=1S/C21H25ClN7P/c1-30(2)17-7-14(15(8-23)9-24)11-28(13-17)20-5-6-25-21(27-20)18-10-26-19-4-3-16(22)12-29(18)19/h3-6,8-10,12,14,17,23H,7,11,13,24H2,1-2H3/b15-9+,23-8?. The fraction of sp³-hybridized carbons (Fsp3) is 0.333. The summed E-state index contributed by atoms with van der Waals surface area (Å²) >= 11 is 6.18. The summed E-state index contributed by atoms with van der Waals surface area (Å²) in [5.74, 6) is 1.71. The molecule has 30 heavy (non-hydrogen) atoms. The van der Waals surface area contributed by atoms with Gasteiger partial charge in [-0.15, -0.1) is 7.92 Å². The summed E-state index contributed by atoms with van der Waals surface area (Å²) in [6, 6.07) is 5.64. The summed E-state index contributed by atoms with van der Waals surface area (Å²) in [5.41, 5.74) is 8.84. The smallest absolute Gasteiger partial charge is 0.180 e. The van der Waals surface area contributed by atoms with Crippen molar-refractivity contribution in [2.75, 3.05) is 31.3 Å². The minimum Gasteiger partial charge on any atom is -0.404 e. The van der Waals surface area contributed by atoms with Crippen molar-refractivity contribution in [1.82, 2.24) is 19.4 Å². The summed E-state index contributed by atoms with van der Waals surface area (Å²) in [7, 11) is -0.125. The minimum atomic E-state index is -0.125. The van der Waals surface area contributed by atoms with Crippen LogP contribution in [0.1, 0.15) is 6.42 Å². The van der Waals surface area contributed by atoms with E-state index in [1.54, 1.807) is 18.6 Å². The molecule has 1 fully saturated rings. The number of halogens is 1. The van der Waals surface area contributed by atoms with Gasteiger partial charge >= 0.3 is 0 Å². The van der Waals surface area contributed by atoms with Gasteiger partial charge in [-0.3, -0.25) is 4.40 Å². The van der Waals surface area contributed by atoms with E-state index in [0.29, 0.717) is 16.5 Å².